The number of hydrogen-bond donors (Lipinski definition) is 1. The van der Waals surface area contributed by atoms with Crippen molar-refractivity contribution in [2.75, 3.05) is 11.9 Å². The van der Waals surface area contributed by atoms with E-state index in [1.807, 2.05) is 31.2 Å². The molecule has 0 aliphatic carbocycles. The van der Waals surface area contributed by atoms with Crippen molar-refractivity contribution in [3.05, 3.63) is 24.3 Å². The number of carbonyl (C=O) groups excluding carboxylic acids is 1. The first kappa shape index (κ1) is 14.0. The molecule has 1 aromatic rings. The molecule has 1 unspecified atom stereocenters. The van der Waals surface area contributed by atoms with E-state index in [0.717, 1.165) is 24.3 Å². The van der Waals surface area contributed by atoms with Crippen LogP contribution in [0.2, 0.25) is 0 Å². The van der Waals surface area contributed by atoms with Crippen molar-refractivity contribution in [3.8, 4) is 5.75 Å². The quantitative estimate of drug-likeness (QED) is 0.815. The first-order valence-electron chi connectivity index (χ1n) is 5.85. The van der Waals surface area contributed by atoms with Gasteiger partial charge in [-0.15, -0.1) is 0 Å². The van der Waals surface area contributed by atoms with Crippen molar-refractivity contribution >= 4 is 27.5 Å². The minimum Gasteiger partial charge on any atom is -0.494 e. The summed E-state index contributed by atoms with van der Waals surface area (Å²) in [6, 6.07) is 7.41. The van der Waals surface area contributed by atoms with Gasteiger partial charge in [-0.2, -0.15) is 0 Å². The molecule has 0 spiro atoms. The summed E-state index contributed by atoms with van der Waals surface area (Å²) in [4.78, 5) is 11.5. The minimum atomic E-state index is -0.140. The largest absolute Gasteiger partial charge is 0.494 e. The second kappa shape index (κ2) is 7.33. The van der Waals surface area contributed by atoms with E-state index in [4.69, 9.17) is 4.74 Å². The highest BCUT2D eigenvalue weighted by molar-refractivity contribution is 9.10. The topological polar surface area (TPSA) is 38.3 Å². The van der Waals surface area contributed by atoms with Crippen LogP contribution in [0.5, 0.6) is 5.75 Å². The van der Waals surface area contributed by atoms with Crippen LogP contribution in [0.15, 0.2) is 24.3 Å². The maximum absolute atomic E-state index is 11.6. The maximum Gasteiger partial charge on any atom is 0.238 e. The molecule has 17 heavy (non-hydrogen) atoms. The van der Waals surface area contributed by atoms with E-state index in [-0.39, 0.29) is 10.7 Å². The highest BCUT2D eigenvalue weighted by Crippen LogP contribution is 2.17. The first-order valence-corrected chi connectivity index (χ1v) is 6.76. The van der Waals surface area contributed by atoms with E-state index >= 15 is 0 Å². The third kappa shape index (κ3) is 4.77. The zero-order valence-corrected chi connectivity index (χ0v) is 11.8. The van der Waals surface area contributed by atoms with E-state index in [1.54, 1.807) is 0 Å². The van der Waals surface area contributed by atoms with Crippen LogP contribution in [-0.2, 0) is 4.79 Å². The van der Waals surface area contributed by atoms with Crippen LogP contribution >= 0.6 is 15.9 Å². The molecule has 94 valence electrons. The monoisotopic (exact) mass is 299 g/mol. The van der Waals surface area contributed by atoms with Crippen molar-refractivity contribution in [1.29, 1.82) is 0 Å². The number of amides is 1. The van der Waals surface area contributed by atoms with Crippen LogP contribution in [0, 0.1) is 0 Å². The van der Waals surface area contributed by atoms with E-state index in [1.165, 1.54) is 0 Å². The van der Waals surface area contributed by atoms with Gasteiger partial charge in [0.05, 0.1) is 11.4 Å². The van der Waals surface area contributed by atoms with E-state index < -0.39 is 0 Å². The number of benzene rings is 1. The Kier molecular flexibility index (Phi) is 6.05. The van der Waals surface area contributed by atoms with Gasteiger partial charge in [0.15, 0.2) is 0 Å². The fourth-order valence-electron chi connectivity index (χ4n) is 1.26. The minimum absolute atomic E-state index is 0.0188. The summed E-state index contributed by atoms with van der Waals surface area (Å²) >= 11 is 3.31. The van der Waals surface area contributed by atoms with Gasteiger partial charge in [-0.05, 0) is 37.1 Å². The van der Waals surface area contributed by atoms with Gasteiger partial charge in [0, 0.05) is 5.69 Å². The number of hydrogen-bond acceptors (Lipinski definition) is 2. The Morgan fingerprint density at radius 1 is 1.35 bits per heavy atom. The Labute approximate surface area is 111 Å². The Bertz CT molecular complexity index is 351. The first-order chi connectivity index (χ1) is 8.17. The normalized spacial score (nSPS) is 11.9. The Balaban J connectivity index is 2.53. The summed E-state index contributed by atoms with van der Waals surface area (Å²) in [6.45, 7) is 4.74. The second-order valence-electron chi connectivity index (χ2n) is 3.74. The van der Waals surface area contributed by atoms with Crippen LogP contribution in [0.25, 0.3) is 0 Å². The lowest BCUT2D eigenvalue weighted by atomic mass is 10.2. The molecule has 1 N–H and O–H groups in total. The standard InChI is InChI=1S/C13H18BrNO2/c1-3-9-17-11-7-5-10(6-8-11)15-13(16)12(14)4-2/h5-8,12H,3-4,9H2,1-2H3,(H,15,16). The molecule has 3 nitrogen and oxygen atoms in total. The van der Waals surface area contributed by atoms with Crippen molar-refractivity contribution in [3.63, 3.8) is 0 Å². The fourth-order valence-corrected chi connectivity index (χ4v) is 1.37. The van der Waals surface area contributed by atoms with E-state index in [9.17, 15) is 4.79 Å². The third-order valence-electron chi connectivity index (χ3n) is 2.24. The molecule has 0 radical (unpaired) electrons. The van der Waals surface area contributed by atoms with Gasteiger partial charge in [0.25, 0.3) is 0 Å². The Morgan fingerprint density at radius 2 is 2.00 bits per heavy atom. The lowest BCUT2D eigenvalue weighted by molar-refractivity contribution is -0.115. The number of rotatable bonds is 6. The molecule has 1 atom stereocenters. The number of carbonyl (C=O) groups is 1. The highest BCUT2D eigenvalue weighted by Gasteiger charge is 2.11. The van der Waals surface area contributed by atoms with Gasteiger partial charge >= 0.3 is 0 Å². The summed E-state index contributed by atoms with van der Waals surface area (Å²) in [6.07, 6.45) is 1.75. The number of alkyl halides is 1. The number of halogens is 1. The Hall–Kier alpha value is -1.03. The lowest BCUT2D eigenvalue weighted by Crippen LogP contribution is -2.21. The van der Waals surface area contributed by atoms with Crippen molar-refractivity contribution < 1.29 is 9.53 Å². The van der Waals surface area contributed by atoms with Crippen molar-refractivity contribution in [1.82, 2.24) is 0 Å². The average molecular weight is 300 g/mol. The van der Waals surface area contributed by atoms with Gasteiger partial charge in [0.1, 0.15) is 5.75 Å². The average Bonchev–Trinajstić information content (AvgIpc) is 2.37. The Morgan fingerprint density at radius 3 is 2.53 bits per heavy atom. The summed E-state index contributed by atoms with van der Waals surface area (Å²) in [7, 11) is 0. The maximum atomic E-state index is 11.6. The molecule has 0 bridgehead atoms. The lowest BCUT2D eigenvalue weighted by Gasteiger charge is -2.09. The molecule has 0 heterocycles. The van der Waals surface area contributed by atoms with Gasteiger partial charge in [-0.1, -0.05) is 29.8 Å². The smallest absolute Gasteiger partial charge is 0.238 e. The molecular weight excluding hydrogens is 282 g/mol. The second-order valence-corrected chi connectivity index (χ2v) is 4.84. The number of ether oxygens (including phenoxy) is 1. The summed E-state index contributed by atoms with van der Waals surface area (Å²) in [5.74, 6) is 0.811. The molecule has 0 saturated heterocycles. The third-order valence-corrected chi connectivity index (χ3v) is 3.30. The fraction of sp³-hybridized carbons (Fsp3) is 0.462. The van der Waals surface area contributed by atoms with Crippen molar-refractivity contribution in [2.24, 2.45) is 0 Å². The van der Waals surface area contributed by atoms with Crippen molar-refractivity contribution in [2.45, 2.75) is 31.5 Å². The highest BCUT2D eigenvalue weighted by atomic mass is 79.9. The molecule has 0 aliphatic heterocycles. The molecule has 0 fully saturated rings. The number of nitrogens with one attached hydrogen (secondary N) is 1. The van der Waals surface area contributed by atoms with Crippen LogP contribution < -0.4 is 10.1 Å². The van der Waals surface area contributed by atoms with Crippen LogP contribution in [0.1, 0.15) is 26.7 Å². The molecule has 4 heteroatoms. The molecule has 0 aliphatic rings. The van der Waals surface area contributed by atoms with Gasteiger partial charge in [0.2, 0.25) is 5.91 Å². The summed E-state index contributed by atoms with van der Waals surface area (Å²) in [5, 5.41) is 2.83. The number of anilines is 1. The molecule has 1 rings (SSSR count). The zero-order valence-electron chi connectivity index (χ0n) is 10.2. The van der Waals surface area contributed by atoms with Crippen LogP contribution in [0.4, 0.5) is 5.69 Å². The van der Waals surface area contributed by atoms with E-state index in [2.05, 4.69) is 28.2 Å². The van der Waals surface area contributed by atoms with Crippen LogP contribution in [-0.4, -0.2) is 17.3 Å². The molecule has 1 amide bonds. The van der Waals surface area contributed by atoms with Crippen LogP contribution in [0.3, 0.4) is 0 Å². The summed E-state index contributed by atoms with van der Waals surface area (Å²) in [5.41, 5.74) is 0.789. The zero-order chi connectivity index (χ0) is 12.7. The predicted octanol–water partition coefficient (Wildman–Crippen LogP) is 3.59. The molecular formula is C13H18BrNO2. The van der Waals surface area contributed by atoms with Gasteiger partial charge < -0.3 is 10.1 Å². The SMILES string of the molecule is CCCOc1ccc(NC(=O)C(Br)CC)cc1. The molecule has 1 aromatic carbocycles. The van der Waals surface area contributed by atoms with E-state index in [0.29, 0.717) is 6.61 Å². The molecule has 0 aromatic heterocycles. The van der Waals surface area contributed by atoms with Gasteiger partial charge in [-0.3, -0.25) is 4.79 Å². The predicted molar refractivity (Wildman–Crippen MR) is 73.9 cm³/mol. The summed E-state index contributed by atoms with van der Waals surface area (Å²) < 4.78 is 5.46. The molecule has 0 saturated carbocycles. The van der Waals surface area contributed by atoms with Gasteiger partial charge in [-0.25, -0.2) is 0 Å².